The van der Waals surface area contributed by atoms with E-state index in [1.165, 1.54) is 23.5 Å². The minimum absolute atomic E-state index is 0.0234. The molecule has 0 unspecified atom stereocenters. The summed E-state index contributed by atoms with van der Waals surface area (Å²) in [7, 11) is -3.96. The van der Waals surface area contributed by atoms with Gasteiger partial charge in [-0.2, -0.15) is 0 Å². The van der Waals surface area contributed by atoms with Gasteiger partial charge in [-0.15, -0.1) is 11.3 Å². The summed E-state index contributed by atoms with van der Waals surface area (Å²) in [5.41, 5.74) is 5.33. The van der Waals surface area contributed by atoms with Crippen LogP contribution in [0.4, 0.5) is 0 Å². The lowest BCUT2D eigenvalue weighted by atomic mass is 10.2. The first kappa shape index (κ1) is 21.0. The maximum Gasteiger partial charge on any atom is 0.279 e. The number of rotatable bonds is 6. The van der Waals surface area contributed by atoms with Gasteiger partial charge in [0.15, 0.2) is 0 Å². The Balaban J connectivity index is 1.71. The summed E-state index contributed by atoms with van der Waals surface area (Å²) in [4.78, 5) is 24.4. The van der Waals surface area contributed by atoms with Gasteiger partial charge in [-0.3, -0.25) is 20.4 Å². The molecule has 0 fully saturated rings. The zero-order valence-corrected chi connectivity index (χ0v) is 17.3. The SMILES string of the molecule is O=C(NNC(=O)c1cccs1)c1ccc(Cl)c(S(=O)(=O)NCc2ccccc2)c1. The van der Waals surface area contributed by atoms with Gasteiger partial charge in [0.2, 0.25) is 10.0 Å². The Morgan fingerprint density at radius 1 is 0.931 bits per heavy atom. The van der Waals surface area contributed by atoms with E-state index in [0.717, 1.165) is 11.6 Å². The van der Waals surface area contributed by atoms with Gasteiger partial charge in [0.05, 0.1) is 9.90 Å². The van der Waals surface area contributed by atoms with Crippen molar-refractivity contribution < 1.29 is 18.0 Å². The largest absolute Gasteiger partial charge is 0.279 e. The van der Waals surface area contributed by atoms with Crippen molar-refractivity contribution in [3.05, 3.63) is 87.1 Å². The van der Waals surface area contributed by atoms with Crippen molar-refractivity contribution in [3.63, 3.8) is 0 Å². The highest BCUT2D eigenvalue weighted by Gasteiger charge is 2.20. The Labute approximate surface area is 176 Å². The van der Waals surface area contributed by atoms with Gasteiger partial charge >= 0.3 is 0 Å². The molecular formula is C19H16ClN3O4S2. The first-order valence-electron chi connectivity index (χ1n) is 8.34. The molecule has 2 amide bonds. The maximum absolute atomic E-state index is 12.6. The number of carbonyl (C=O) groups is 2. The molecule has 0 bridgehead atoms. The van der Waals surface area contributed by atoms with Crippen LogP contribution in [0.2, 0.25) is 5.02 Å². The van der Waals surface area contributed by atoms with Gasteiger partial charge in [-0.05, 0) is 35.2 Å². The third-order valence-corrected chi connectivity index (χ3v) is 6.58. The topological polar surface area (TPSA) is 104 Å². The van der Waals surface area contributed by atoms with E-state index in [-0.39, 0.29) is 22.0 Å². The summed E-state index contributed by atoms with van der Waals surface area (Å²) in [6.45, 7) is 0.0762. The molecule has 2 aromatic carbocycles. The summed E-state index contributed by atoms with van der Waals surface area (Å²) >= 11 is 7.26. The summed E-state index contributed by atoms with van der Waals surface area (Å²) in [6, 6.07) is 16.1. The Morgan fingerprint density at radius 3 is 2.34 bits per heavy atom. The lowest BCUT2D eigenvalue weighted by Gasteiger charge is -2.11. The average molecular weight is 450 g/mol. The molecule has 3 rings (SSSR count). The molecule has 0 aliphatic heterocycles. The van der Waals surface area contributed by atoms with Crippen LogP contribution >= 0.6 is 22.9 Å². The van der Waals surface area contributed by atoms with Crippen molar-refractivity contribution >= 4 is 44.8 Å². The molecule has 0 saturated heterocycles. The number of sulfonamides is 1. The summed E-state index contributed by atoms with van der Waals surface area (Å²) in [5, 5.41) is 1.71. The third kappa shape index (κ3) is 5.42. The average Bonchev–Trinajstić information content (AvgIpc) is 3.26. The molecule has 150 valence electrons. The number of carbonyl (C=O) groups excluding carboxylic acids is 2. The lowest BCUT2D eigenvalue weighted by Crippen LogP contribution is -2.41. The Kier molecular flexibility index (Phi) is 6.65. The van der Waals surface area contributed by atoms with E-state index in [1.807, 2.05) is 6.07 Å². The molecule has 1 heterocycles. The van der Waals surface area contributed by atoms with Crippen LogP contribution in [0.5, 0.6) is 0 Å². The van der Waals surface area contributed by atoms with Crippen molar-refractivity contribution in [1.82, 2.24) is 15.6 Å². The van der Waals surface area contributed by atoms with Crippen LogP contribution in [0, 0.1) is 0 Å². The number of hydrogen-bond acceptors (Lipinski definition) is 5. The van der Waals surface area contributed by atoms with Crippen molar-refractivity contribution in [1.29, 1.82) is 0 Å². The molecule has 29 heavy (non-hydrogen) atoms. The second-order valence-electron chi connectivity index (χ2n) is 5.84. The molecule has 3 N–H and O–H groups in total. The summed E-state index contributed by atoms with van der Waals surface area (Å²) in [5.74, 6) is -1.15. The minimum Gasteiger partial charge on any atom is -0.267 e. The van der Waals surface area contributed by atoms with Crippen LogP contribution in [-0.4, -0.2) is 20.2 Å². The van der Waals surface area contributed by atoms with E-state index in [1.54, 1.807) is 41.8 Å². The first-order chi connectivity index (χ1) is 13.9. The molecule has 1 aromatic heterocycles. The monoisotopic (exact) mass is 449 g/mol. The van der Waals surface area contributed by atoms with Gasteiger partial charge in [-0.1, -0.05) is 48.0 Å². The number of hydrogen-bond donors (Lipinski definition) is 3. The predicted molar refractivity (Wildman–Crippen MR) is 111 cm³/mol. The predicted octanol–water partition coefficient (Wildman–Crippen LogP) is 2.95. The van der Waals surface area contributed by atoms with Crippen molar-refractivity contribution in [2.45, 2.75) is 11.4 Å². The molecule has 0 spiro atoms. The fourth-order valence-corrected chi connectivity index (χ4v) is 4.52. The van der Waals surface area contributed by atoms with Crippen LogP contribution < -0.4 is 15.6 Å². The zero-order valence-electron chi connectivity index (χ0n) is 14.9. The number of halogens is 1. The normalized spacial score (nSPS) is 11.1. The van der Waals surface area contributed by atoms with Crippen LogP contribution in [-0.2, 0) is 16.6 Å². The molecular weight excluding hydrogens is 434 g/mol. The van der Waals surface area contributed by atoms with E-state index in [0.29, 0.717) is 4.88 Å². The molecule has 0 atom stereocenters. The second kappa shape index (κ2) is 9.19. The van der Waals surface area contributed by atoms with Crippen LogP contribution in [0.3, 0.4) is 0 Å². The highest BCUT2D eigenvalue weighted by Crippen LogP contribution is 2.23. The first-order valence-corrected chi connectivity index (χ1v) is 11.1. The Hall–Kier alpha value is -2.72. The summed E-state index contributed by atoms with van der Waals surface area (Å²) in [6.07, 6.45) is 0. The molecule has 3 aromatic rings. The Bertz CT molecular complexity index is 1120. The van der Waals surface area contributed by atoms with Gasteiger partial charge in [0, 0.05) is 12.1 Å². The molecule has 0 saturated carbocycles. The number of benzene rings is 2. The minimum atomic E-state index is -3.96. The van der Waals surface area contributed by atoms with Gasteiger partial charge < -0.3 is 0 Å². The molecule has 0 aliphatic carbocycles. The van der Waals surface area contributed by atoms with Crippen LogP contribution in [0.25, 0.3) is 0 Å². The van der Waals surface area contributed by atoms with E-state index in [4.69, 9.17) is 11.6 Å². The molecule has 0 radical (unpaired) electrons. The lowest BCUT2D eigenvalue weighted by molar-refractivity contribution is 0.0849. The van der Waals surface area contributed by atoms with Gasteiger partial charge in [0.25, 0.3) is 11.8 Å². The second-order valence-corrected chi connectivity index (χ2v) is 8.93. The summed E-state index contributed by atoms with van der Waals surface area (Å²) < 4.78 is 27.7. The number of thiophene rings is 1. The van der Waals surface area contributed by atoms with E-state index < -0.39 is 21.8 Å². The fourth-order valence-electron chi connectivity index (χ4n) is 2.36. The van der Waals surface area contributed by atoms with Gasteiger partial charge in [-0.25, -0.2) is 13.1 Å². The number of hydrazine groups is 1. The molecule has 10 heteroatoms. The van der Waals surface area contributed by atoms with Crippen molar-refractivity contribution in [2.24, 2.45) is 0 Å². The number of nitrogens with one attached hydrogen (secondary N) is 3. The Morgan fingerprint density at radius 2 is 1.66 bits per heavy atom. The van der Waals surface area contributed by atoms with Crippen LogP contribution in [0.1, 0.15) is 25.6 Å². The smallest absolute Gasteiger partial charge is 0.267 e. The van der Waals surface area contributed by atoms with E-state index in [9.17, 15) is 18.0 Å². The zero-order chi connectivity index (χ0) is 20.9. The molecule has 7 nitrogen and oxygen atoms in total. The highest BCUT2D eigenvalue weighted by molar-refractivity contribution is 7.89. The fraction of sp³-hybridized carbons (Fsp3) is 0.0526. The van der Waals surface area contributed by atoms with Crippen LogP contribution in [0.15, 0.2) is 70.9 Å². The quantitative estimate of drug-likeness (QED) is 0.503. The molecule has 0 aliphatic rings. The van der Waals surface area contributed by atoms with E-state index >= 15 is 0 Å². The van der Waals surface area contributed by atoms with Crippen molar-refractivity contribution in [3.8, 4) is 0 Å². The maximum atomic E-state index is 12.6. The third-order valence-electron chi connectivity index (χ3n) is 3.83. The van der Waals surface area contributed by atoms with Crippen molar-refractivity contribution in [2.75, 3.05) is 0 Å². The highest BCUT2D eigenvalue weighted by atomic mass is 35.5. The van der Waals surface area contributed by atoms with E-state index in [2.05, 4.69) is 15.6 Å². The van der Waals surface area contributed by atoms with Gasteiger partial charge in [0.1, 0.15) is 4.90 Å². The number of amides is 2. The standard InChI is InChI=1S/C19H16ClN3O4S2/c20-15-9-8-14(18(24)22-23-19(25)16-7-4-10-28-16)11-17(15)29(26,27)21-12-13-5-2-1-3-6-13/h1-11,21H,12H2,(H,22,24)(H,23,25).